The molecule has 7 heterocycles. The van der Waals surface area contributed by atoms with Crippen LogP contribution >= 0.6 is 51.0 Å². The predicted molar refractivity (Wildman–Crippen MR) is 312 cm³/mol. The first kappa shape index (κ1) is 52.2. The van der Waals surface area contributed by atoms with Gasteiger partial charge in [-0.25, -0.2) is 45.6 Å². The van der Waals surface area contributed by atoms with Crippen LogP contribution in [0.4, 0.5) is 0 Å². The van der Waals surface area contributed by atoms with Crippen molar-refractivity contribution in [3.8, 4) is 23.4 Å². The van der Waals surface area contributed by atoms with Gasteiger partial charge in [0.2, 0.25) is 11.8 Å². The van der Waals surface area contributed by atoms with Crippen molar-refractivity contribution < 1.29 is 49.6 Å². The zero-order valence-corrected chi connectivity index (χ0v) is 50.5. The van der Waals surface area contributed by atoms with Gasteiger partial charge in [0.05, 0.1) is 53.8 Å². The monoisotopic (exact) mass is 1210 g/mol. The third kappa shape index (κ3) is 17.9. The van der Waals surface area contributed by atoms with E-state index in [0.717, 1.165) is 12.4 Å². The third-order valence-corrected chi connectivity index (χ3v) is 14.4. The molecule has 8 rings (SSSR count). The first-order chi connectivity index (χ1) is 38.7. The summed E-state index contributed by atoms with van der Waals surface area (Å²) < 4.78 is 148. The van der Waals surface area contributed by atoms with Crippen LogP contribution in [0.2, 0.25) is 5.15 Å². The van der Waals surface area contributed by atoms with Crippen LogP contribution < -0.4 is 24.2 Å². The number of H-pyrrole nitrogens is 2. The van der Waals surface area contributed by atoms with Crippen LogP contribution in [0.15, 0.2) is 71.0 Å². The summed E-state index contributed by atoms with van der Waals surface area (Å²) in [6, 6.07) is 9.06. The highest BCUT2D eigenvalue weighted by Gasteiger charge is 2.42. The molecule has 1 unspecified atom stereocenters. The average Bonchev–Trinajstić information content (AvgIpc) is 1.60. The molecule has 27 heteroatoms. The van der Waals surface area contributed by atoms with Crippen LogP contribution in [0.5, 0.6) is 11.8 Å². The number of aryl methyl sites for hydroxylation is 2. The van der Waals surface area contributed by atoms with Gasteiger partial charge in [-0.1, -0.05) is 80.7 Å². The molecule has 2 fully saturated rings. The summed E-state index contributed by atoms with van der Waals surface area (Å²) in [6.45, 7) is 18.1. The number of ether oxygens (including phenoxy) is 2. The number of nitrogens with one attached hydrogen (secondary N) is 5. The van der Waals surface area contributed by atoms with Crippen molar-refractivity contribution in [1.82, 2.24) is 64.7 Å². The maximum absolute atomic E-state index is 13.5. The molecule has 6 aromatic rings. The molecule has 1 saturated carbocycles. The SMILES string of the molecule is Cc1[nH]ncc1S(=O)(=O)NC(=O)c1ccc(-n2ccc(OCC(C)(C)C)n2)nc1Cl.Cl.S.S.[2H]C([2H])([2H])[C@@H]1CC(c2nc(-n3ccc(OCC(C)(C)C)n3)ccc2C(=O)NS(=O)(=O)c2cn[nH]c2C)C(C)(C)C1([2H])[2H].[2H]C([2H])([2H])[C@@H]1CNC(C)(C)C1([2H])[2H]. The molecule has 0 aromatic carbocycles. The summed E-state index contributed by atoms with van der Waals surface area (Å²) in [4.78, 5) is 34.4. The lowest BCUT2D eigenvalue weighted by molar-refractivity contribution is 0.0970. The Labute approximate surface area is 497 Å². The molecule has 3 atom stereocenters. The normalized spacial score (nSPS) is 21.1. The van der Waals surface area contributed by atoms with Crippen molar-refractivity contribution >= 4 is 82.9 Å². The van der Waals surface area contributed by atoms with Gasteiger partial charge in [-0.15, -0.1) is 22.6 Å². The predicted octanol–water partition coefficient (Wildman–Crippen LogP) is 8.92. The Hall–Kier alpha value is -5.18. The standard InChI is InChI=1S/C26H36N6O4S.C18H21ClN6O4S.C7H15N.ClH.2H2S/c1-16-12-19(26(6,7)13-16)23-18(24(33)31-37(34,35)20-14-27-29-17(20)2)8-9-21(28-23)32-11-10-22(30-32)36-15-25(3,4)5;1-11-13(9-20-22-11)30(27,28)24-17(26)12-5-6-14(21-16(12)19)25-8-7-15(23-25)29-10-18(2,3)4;1-6-4-7(2,3)8-5-6;;;/h8-11,14,16,19H,12-13,15H2,1-7H3,(H,27,29)(H,31,33);5-9H,10H2,1-4H3,(H,20,22)(H,24,26);6,8H,4-5H2,1-3H3;1H;2*1H2/t16-,19?;;6-;;;/m1.0.../s1/i1D3,13D2;;1D3,4D2;;;. The number of halogens is 2. The van der Waals surface area contributed by atoms with Gasteiger partial charge in [-0.05, 0) is 106 Å². The van der Waals surface area contributed by atoms with Crippen LogP contribution in [0, 0.1) is 41.9 Å². The minimum atomic E-state index is -4.32. The number of carbonyl (C=O) groups is 2. The summed E-state index contributed by atoms with van der Waals surface area (Å²) >= 11 is 6.13. The van der Waals surface area contributed by atoms with Crippen LogP contribution in [0.3, 0.4) is 0 Å². The number of aromatic nitrogens is 10. The summed E-state index contributed by atoms with van der Waals surface area (Å²) in [6.07, 6.45) is 1.47. The molecular formula is C51H77Cl2N13O8S4. The summed E-state index contributed by atoms with van der Waals surface area (Å²) in [7, 11) is -8.42. The molecule has 78 heavy (non-hydrogen) atoms. The van der Waals surface area contributed by atoms with Crippen molar-refractivity contribution in [1.29, 1.82) is 0 Å². The van der Waals surface area contributed by atoms with Gasteiger partial charge in [0, 0.05) is 49.7 Å². The lowest BCUT2D eigenvalue weighted by Gasteiger charge is -2.28. The Balaban J connectivity index is 0.000000383. The number of aromatic amines is 2. The zero-order chi connectivity index (χ0) is 64.1. The molecule has 2 amide bonds. The van der Waals surface area contributed by atoms with E-state index >= 15 is 0 Å². The molecule has 0 spiro atoms. The zero-order valence-electron chi connectivity index (χ0n) is 55.3. The Morgan fingerprint density at radius 2 is 1.21 bits per heavy atom. The molecular weight excluding hydrogens is 1120 g/mol. The highest BCUT2D eigenvalue weighted by Crippen LogP contribution is 2.52. The first-order valence-electron chi connectivity index (χ1n) is 28.6. The maximum Gasteiger partial charge on any atom is 0.268 e. The third-order valence-electron chi connectivity index (χ3n) is 11.2. The summed E-state index contributed by atoms with van der Waals surface area (Å²) in [5.41, 5.74) is -1.79. The van der Waals surface area contributed by atoms with E-state index in [2.05, 4.69) is 45.9 Å². The minimum absolute atomic E-state index is 0. The van der Waals surface area contributed by atoms with Crippen molar-refractivity contribution in [2.45, 2.75) is 137 Å². The number of amides is 2. The van der Waals surface area contributed by atoms with Gasteiger partial charge in [0.1, 0.15) is 14.9 Å². The second-order valence-corrected chi connectivity index (χ2v) is 25.2. The van der Waals surface area contributed by atoms with Gasteiger partial charge >= 0.3 is 0 Å². The van der Waals surface area contributed by atoms with E-state index in [0.29, 0.717) is 36.5 Å². The van der Waals surface area contributed by atoms with E-state index in [9.17, 15) is 26.4 Å². The number of carbonyl (C=O) groups excluding carboxylic acids is 2. The van der Waals surface area contributed by atoms with Gasteiger partial charge in [0.25, 0.3) is 31.9 Å². The van der Waals surface area contributed by atoms with Crippen LogP contribution in [-0.2, 0) is 20.0 Å². The Bertz CT molecular complexity index is 3640. The van der Waals surface area contributed by atoms with Gasteiger partial charge in [-0.3, -0.25) is 19.8 Å². The number of hydrogen-bond donors (Lipinski definition) is 5. The maximum atomic E-state index is 13.5. The number of sulfonamides is 2. The van der Waals surface area contributed by atoms with Crippen LogP contribution in [-0.4, -0.2) is 104 Å². The summed E-state index contributed by atoms with van der Waals surface area (Å²) in [5, 5.41) is 23.8. The van der Waals surface area contributed by atoms with Gasteiger partial charge in [0.15, 0.2) is 11.6 Å². The second-order valence-electron chi connectivity index (χ2n) is 21.5. The van der Waals surface area contributed by atoms with E-state index < -0.39 is 87.0 Å². The van der Waals surface area contributed by atoms with E-state index in [1.54, 1.807) is 52.2 Å². The number of hydrogen-bond acceptors (Lipinski definition) is 15. The van der Waals surface area contributed by atoms with Gasteiger partial charge < -0.3 is 14.8 Å². The van der Waals surface area contributed by atoms with E-state index in [1.807, 2.05) is 51.0 Å². The highest BCUT2D eigenvalue weighted by molar-refractivity contribution is 7.90. The molecule has 432 valence electrons. The van der Waals surface area contributed by atoms with E-state index in [4.69, 9.17) is 34.8 Å². The molecule has 1 aliphatic heterocycles. The fourth-order valence-corrected chi connectivity index (χ4v) is 9.99. The molecule has 5 N–H and O–H groups in total. The molecule has 1 aliphatic carbocycles. The first-order valence-corrected chi connectivity index (χ1v) is 27.0. The van der Waals surface area contributed by atoms with Crippen molar-refractivity contribution in [3.63, 3.8) is 0 Å². The highest BCUT2D eigenvalue weighted by atomic mass is 35.5. The minimum Gasteiger partial charge on any atom is -0.476 e. The lowest BCUT2D eigenvalue weighted by atomic mass is 9.78. The molecule has 6 aromatic heterocycles. The Morgan fingerprint density at radius 3 is 1.59 bits per heavy atom. The molecule has 0 bridgehead atoms. The van der Waals surface area contributed by atoms with Crippen molar-refractivity contribution in [3.05, 3.63) is 94.5 Å². The van der Waals surface area contributed by atoms with Crippen LogP contribution in [0.25, 0.3) is 11.6 Å². The Kier molecular flexibility index (Phi) is 17.7. The number of pyridine rings is 2. The summed E-state index contributed by atoms with van der Waals surface area (Å²) in [5.74, 6) is -3.64. The molecule has 2 aliphatic rings. The topological polar surface area (TPSA) is 276 Å². The van der Waals surface area contributed by atoms with E-state index in [-0.39, 0.29) is 106 Å². The largest absolute Gasteiger partial charge is 0.476 e. The smallest absolute Gasteiger partial charge is 0.268 e. The van der Waals surface area contributed by atoms with Crippen molar-refractivity contribution in [2.24, 2.45) is 28.1 Å². The van der Waals surface area contributed by atoms with E-state index in [1.165, 1.54) is 47.5 Å². The quantitative estimate of drug-likeness (QED) is 0.0675. The van der Waals surface area contributed by atoms with Crippen LogP contribution in [0.1, 0.15) is 160 Å². The molecule has 0 radical (unpaired) electrons. The number of nitrogens with zero attached hydrogens (tertiary/aromatic N) is 8. The second kappa shape index (κ2) is 26.4. The molecule has 1 saturated heterocycles. The average molecular weight is 1210 g/mol. The number of rotatable bonds is 13. The van der Waals surface area contributed by atoms with Crippen molar-refractivity contribution in [2.75, 3.05) is 19.8 Å². The Morgan fingerprint density at radius 1 is 0.744 bits per heavy atom. The fourth-order valence-electron chi connectivity index (χ4n) is 7.55. The fraction of sp³-hybridized carbons (Fsp3) is 0.529. The van der Waals surface area contributed by atoms with Gasteiger partial charge in [-0.2, -0.15) is 37.2 Å². The lowest BCUT2D eigenvalue weighted by Crippen LogP contribution is -2.33. The molecule has 21 nitrogen and oxygen atoms in total.